The summed E-state index contributed by atoms with van der Waals surface area (Å²) in [5, 5.41) is 6.55. The van der Waals surface area contributed by atoms with Crippen LogP contribution in [0.1, 0.15) is 6.92 Å². The number of nitrogens with one attached hydrogen (secondary N) is 3. The minimum Gasteiger partial charge on any atom is -0.342 e. The second-order valence-electron chi connectivity index (χ2n) is 2.67. The maximum absolute atomic E-state index is 11.1. The summed E-state index contributed by atoms with van der Waals surface area (Å²) in [7, 11) is 0. The Kier molecular flexibility index (Phi) is 2.47. The third-order valence-electron chi connectivity index (χ3n) is 1.53. The van der Waals surface area contributed by atoms with E-state index in [1.165, 1.54) is 6.92 Å². The second kappa shape index (κ2) is 3.40. The number of nitrogens with two attached hydrogens (primary N) is 1. The van der Waals surface area contributed by atoms with Crippen LogP contribution in [0.25, 0.3) is 0 Å². The van der Waals surface area contributed by atoms with Crippen molar-refractivity contribution in [3.8, 4) is 0 Å². The average molecular weight is 186 g/mol. The molecule has 0 aliphatic carbocycles. The lowest BCUT2D eigenvalue weighted by molar-refractivity contribution is -0.128. The summed E-state index contributed by atoms with van der Waals surface area (Å²) in [6, 6.07) is -1.56. The number of hydrogen-bond donors (Lipinski definition) is 4. The molecule has 1 aliphatic heterocycles. The zero-order chi connectivity index (χ0) is 10.0. The maximum Gasteiger partial charge on any atom is 0.322 e. The fourth-order valence-corrected chi connectivity index (χ4v) is 0.998. The SMILES string of the molecule is CC(=O)N[C@H]1C(=O)NC(=O)N[C@@H]1N. The van der Waals surface area contributed by atoms with Crippen LogP contribution in [0.4, 0.5) is 4.79 Å². The largest absolute Gasteiger partial charge is 0.342 e. The molecule has 13 heavy (non-hydrogen) atoms. The smallest absolute Gasteiger partial charge is 0.322 e. The maximum atomic E-state index is 11.1. The average Bonchev–Trinajstić information content (AvgIpc) is 1.96. The summed E-state index contributed by atoms with van der Waals surface area (Å²) in [5.74, 6) is -0.988. The number of carbonyl (C=O) groups excluding carboxylic acids is 3. The predicted molar refractivity (Wildman–Crippen MR) is 42.3 cm³/mol. The molecule has 0 aromatic rings. The van der Waals surface area contributed by atoms with Gasteiger partial charge in [-0.25, -0.2) is 4.79 Å². The fraction of sp³-hybridized carbons (Fsp3) is 0.500. The predicted octanol–water partition coefficient (Wildman–Crippen LogP) is -2.38. The monoisotopic (exact) mass is 186 g/mol. The molecule has 7 nitrogen and oxygen atoms in total. The minimum atomic E-state index is -0.907. The lowest BCUT2D eigenvalue weighted by atomic mass is 10.2. The lowest BCUT2D eigenvalue weighted by Gasteiger charge is -2.28. The van der Waals surface area contributed by atoms with Gasteiger partial charge in [0.15, 0.2) is 0 Å². The highest BCUT2D eigenvalue weighted by Gasteiger charge is 2.33. The molecule has 72 valence electrons. The van der Waals surface area contributed by atoms with Crippen LogP contribution in [0, 0.1) is 0 Å². The first-order valence-electron chi connectivity index (χ1n) is 3.65. The Morgan fingerprint density at radius 3 is 2.62 bits per heavy atom. The van der Waals surface area contributed by atoms with Crippen LogP contribution in [0.5, 0.6) is 0 Å². The molecule has 0 aromatic heterocycles. The third-order valence-corrected chi connectivity index (χ3v) is 1.53. The van der Waals surface area contributed by atoms with E-state index in [0.717, 1.165) is 0 Å². The number of imide groups is 1. The Morgan fingerprint density at radius 1 is 1.54 bits per heavy atom. The zero-order valence-electron chi connectivity index (χ0n) is 6.96. The first-order chi connectivity index (χ1) is 6.00. The number of hydrogen-bond acceptors (Lipinski definition) is 4. The van der Waals surface area contributed by atoms with Crippen LogP contribution in [0.15, 0.2) is 0 Å². The van der Waals surface area contributed by atoms with Crippen LogP contribution >= 0.6 is 0 Å². The highest BCUT2D eigenvalue weighted by atomic mass is 16.2. The van der Waals surface area contributed by atoms with Gasteiger partial charge in [0.1, 0.15) is 12.2 Å². The first-order valence-corrected chi connectivity index (χ1v) is 3.65. The van der Waals surface area contributed by atoms with Gasteiger partial charge in [-0.2, -0.15) is 0 Å². The topological polar surface area (TPSA) is 113 Å². The van der Waals surface area contributed by atoms with E-state index in [4.69, 9.17) is 5.73 Å². The molecule has 0 aromatic carbocycles. The van der Waals surface area contributed by atoms with Crippen LogP contribution in [0.2, 0.25) is 0 Å². The lowest BCUT2D eigenvalue weighted by Crippen LogP contribution is -2.69. The zero-order valence-corrected chi connectivity index (χ0v) is 6.96. The first kappa shape index (κ1) is 9.46. The molecule has 1 fully saturated rings. The Bertz CT molecular complexity index is 265. The second-order valence-corrected chi connectivity index (χ2v) is 2.67. The standard InChI is InChI=1S/C6H10N4O3/c1-2(11)8-3-4(7)9-6(13)10-5(3)12/h3-4H,7H2,1H3,(H,8,11)(H2,9,10,12,13)/t3-,4+/m1/s1. The Labute approximate surface area is 74.0 Å². The van der Waals surface area contributed by atoms with E-state index in [2.05, 4.69) is 10.6 Å². The van der Waals surface area contributed by atoms with Crippen molar-refractivity contribution in [1.29, 1.82) is 0 Å². The Hall–Kier alpha value is -1.63. The molecule has 7 heteroatoms. The summed E-state index contributed by atoms with van der Waals surface area (Å²) in [6.45, 7) is 1.26. The van der Waals surface area contributed by atoms with E-state index < -0.39 is 24.1 Å². The molecule has 5 N–H and O–H groups in total. The molecule has 0 spiro atoms. The molecule has 1 saturated heterocycles. The van der Waals surface area contributed by atoms with Crippen LogP contribution in [-0.4, -0.2) is 30.1 Å². The Balaban J connectivity index is 2.67. The summed E-state index contributed by atoms with van der Waals surface area (Å²) in [6.07, 6.45) is -0.884. The van der Waals surface area contributed by atoms with Gasteiger partial charge in [-0.15, -0.1) is 0 Å². The van der Waals surface area contributed by atoms with Crippen molar-refractivity contribution in [2.75, 3.05) is 0 Å². The van der Waals surface area contributed by atoms with Gasteiger partial charge in [-0.05, 0) is 0 Å². The van der Waals surface area contributed by atoms with Gasteiger partial charge in [0, 0.05) is 6.92 Å². The molecule has 0 unspecified atom stereocenters. The molecule has 0 radical (unpaired) electrons. The van der Waals surface area contributed by atoms with E-state index >= 15 is 0 Å². The highest BCUT2D eigenvalue weighted by molar-refractivity contribution is 6.01. The highest BCUT2D eigenvalue weighted by Crippen LogP contribution is 1.94. The molecule has 0 saturated carbocycles. The van der Waals surface area contributed by atoms with Crippen molar-refractivity contribution >= 4 is 17.8 Å². The summed E-state index contributed by atoms with van der Waals surface area (Å²) >= 11 is 0. The minimum absolute atomic E-state index is 0.383. The molecule has 0 bridgehead atoms. The number of carbonyl (C=O) groups is 3. The van der Waals surface area contributed by atoms with Gasteiger partial charge >= 0.3 is 6.03 Å². The van der Waals surface area contributed by atoms with Gasteiger partial charge < -0.3 is 16.4 Å². The van der Waals surface area contributed by atoms with Crippen LogP contribution < -0.4 is 21.7 Å². The van der Waals surface area contributed by atoms with Crippen molar-refractivity contribution in [2.24, 2.45) is 5.73 Å². The molecular weight excluding hydrogens is 176 g/mol. The van der Waals surface area contributed by atoms with Gasteiger partial charge in [-0.1, -0.05) is 0 Å². The number of amides is 4. The molecule has 4 amide bonds. The van der Waals surface area contributed by atoms with Crippen LogP contribution in [-0.2, 0) is 9.59 Å². The molecule has 2 atom stereocenters. The normalized spacial score (nSPS) is 27.5. The number of urea groups is 1. The fourth-order valence-electron chi connectivity index (χ4n) is 0.998. The van der Waals surface area contributed by atoms with E-state index in [9.17, 15) is 14.4 Å². The quantitative estimate of drug-likeness (QED) is 0.366. The third kappa shape index (κ3) is 2.15. The molecule has 1 heterocycles. The van der Waals surface area contributed by atoms with E-state index in [-0.39, 0.29) is 5.91 Å². The molecule has 1 aliphatic rings. The van der Waals surface area contributed by atoms with E-state index in [0.29, 0.717) is 0 Å². The van der Waals surface area contributed by atoms with Crippen molar-refractivity contribution in [3.05, 3.63) is 0 Å². The molecular formula is C6H10N4O3. The Morgan fingerprint density at radius 2 is 2.15 bits per heavy atom. The van der Waals surface area contributed by atoms with Crippen molar-refractivity contribution in [2.45, 2.75) is 19.1 Å². The molecule has 1 rings (SSSR count). The van der Waals surface area contributed by atoms with E-state index in [1.54, 1.807) is 0 Å². The van der Waals surface area contributed by atoms with Gasteiger partial charge in [0.05, 0.1) is 0 Å². The van der Waals surface area contributed by atoms with Gasteiger partial charge in [0.2, 0.25) is 5.91 Å². The number of rotatable bonds is 1. The summed E-state index contributed by atoms with van der Waals surface area (Å²) < 4.78 is 0. The van der Waals surface area contributed by atoms with Gasteiger partial charge in [-0.3, -0.25) is 14.9 Å². The van der Waals surface area contributed by atoms with Gasteiger partial charge in [0.25, 0.3) is 5.91 Å². The van der Waals surface area contributed by atoms with Crippen molar-refractivity contribution < 1.29 is 14.4 Å². The van der Waals surface area contributed by atoms with Crippen LogP contribution in [0.3, 0.4) is 0 Å². The van der Waals surface area contributed by atoms with E-state index in [1.807, 2.05) is 5.32 Å². The summed E-state index contributed by atoms with van der Waals surface area (Å²) in [4.78, 5) is 32.4. The summed E-state index contributed by atoms with van der Waals surface area (Å²) in [5.41, 5.74) is 5.40. The van der Waals surface area contributed by atoms with Crippen molar-refractivity contribution in [1.82, 2.24) is 16.0 Å². The van der Waals surface area contributed by atoms with Crippen molar-refractivity contribution in [3.63, 3.8) is 0 Å².